The third-order valence-electron chi connectivity index (χ3n) is 8.71. The predicted octanol–water partition coefficient (Wildman–Crippen LogP) is 1.87. The minimum absolute atomic E-state index is 0.0195. The van der Waals surface area contributed by atoms with Crippen molar-refractivity contribution in [1.82, 2.24) is 0 Å². The lowest BCUT2D eigenvalue weighted by molar-refractivity contribution is -0.289. The first-order valence-electron chi connectivity index (χ1n) is 11.9. The van der Waals surface area contributed by atoms with Crippen LogP contribution >= 0.6 is 0 Å². The van der Waals surface area contributed by atoms with Gasteiger partial charge in [0, 0.05) is 11.0 Å². The zero-order chi connectivity index (χ0) is 23.4. The van der Waals surface area contributed by atoms with E-state index in [0.717, 1.165) is 25.7 Å². The van der Waals surface area contributed by atoms with Crippen molar-refractivity contribution in [3.63, 3.8) is 0 Å². The van der Waals surface area contributed by atoms with Crippen molar-refractivity contribution in [2.45, 2.75) is 96.6 Å². The van der Waals surface area contributed by atoms with Crippen molar-refractivity contribution < 1.29 is 34.7 Å². The third kappa shape index (κ3) is 3.81. The van der Waals surface area contributed by atoms with E-state index < -0.39 is 42.2 Å². The van der Waals surface area contributed by atoms with Crippen molar-refractivity contribution in [3.8, 4) is 0 Å². The molecule has 4 N–H and O–H groups in total. The van der Waals surface area contributed by atoms with E-state index in [9.17, 15) is 25.2 Å². The number of hydrogen-bond donors (Lipinski definition) is 4. The summed E-state index contributed by atoms with van der Waals surface area (Å²) in [6.45, 7) is 8.75. The minimum Gasteiger partial charge on any atom is -0.388 e. The maximum Gasteiger partial charge on any atom is 0.186 e. The molecule has 0 radical (unpaired) electrons. The van der Waals surface area contributed by atoms with Gasteiger partial charge in [0.15, 0.2) is 6.29 Å². The highest BCUT2D eigenvalue weighted by Gasteiger charge is 2.56. The zero-order valence-electron chi connectivity index (χ0n) is 19.5. The highest BCUT2D eigenvalue weighted by molar-refractivity contribution is 5.75. The van der Waals surface area contributed by atoms with Crippen LogP contribution in [0.2, 0.25) is 0 Å². The van der Waals surface area contributed by atoms with Gasteiger partial charge in [-0.2, -0.15) is 0 Å². The molecule has 3 aliphatic carbocycles. The summed E-state index contributed by atoms with van der Waals surface area (Å²) in [4.78, 5) is 11.8. The van der Waals surface area contributed by atoms with Gasteiger partial charge in [-0.05, 0) is 55.4 Å². The molecule has 0 unspecified atom stereocenters. The number of aliphatic hydroxyl groups excluding tert-OH is 4. The fourth-order valence-electron chi connectivity index (χ4n) is 6.54. The highest BCUT2D eigenvalue weighted by atomic mass is 16.7. The molecule has 0 amide bonds. The van der Waals surface area contributed by atoms with Gasteiger partial charge in [-0.3, -0.25) is 4.79 Å². The average Bonchev–Trinajstić information content (AvgIpc) is 3.06. The zero-order valence-corrected chi connectivity index (χ0v) is 19.5. The fraction of sp³-hybridized carbons (Fsp3) is 0.800. The molecule has 0 bridgehead atoms. The van der Waals surface area contributed by atoms with Gasteiger partial charge in [0.05, 0.1) is 18.8 Å². The van der Waals surface area contributed by atoms with E-state index in [1.54, 1.807) is 6.08 Å². The Balaban J connectivity index is 1.75. The molecule has 0 spiro atoms. The summed E-state index contributed by atoms with van der Waals surface area (Å²) in [6, 6.07) is 0. The Kier molecular flexibility index (Phi) is 6.46. The number of fused-ring (bicyclic) bond motifs is 3. The molecular weight excluding hydrogens is 412 g/mol. The SMILES string of the molecule is CC(C)C1=C2[C@H]3C[C@@H](O)C(C=O)=C[C@H](O[C@@H]4OC[C@@H](O)[C@H](O)[C@H]4O)[C@]3(C)CC[C@@]2(C)CC1. The molecule has 7 nitrogen and oxygen atoms in total. The summed E-state index contributed by atoms with van der Waals surface area (Å²) >= 11 is 0. The average molecular weight is 451 g/mol. The second-order valence-electron chi connectivity index (χ2n) is 11.1. The van der Waals surface area contributed by atoms with Gasteiger partial charge >= 0.3 is 0 Å². The van der Waals surface area contributed by atoms with Crippen LogP contribution in [0.15, 0.2) is 22.8 Å². The highest BCUT2D eigenvalue weighted by Crippen LogP contribution is 2.63. The van der Waals surface area contributed by atoms with Gasteiger partial charge < -0.3 is 29.9 Å². The summed E-state index contributed by atoms with van der Waals surface area (Å²) in [5, 5.41) is 41.3. The Labute approximate surface area is 190 Å². The smallest absolute Gasteiger partial charge is 0.186 e. The van der Waals surface area contributed by atoms with E-state index in [1.807, 2.05) is 0 Å². The number of carbonyl (C=O) groups is 1. The first-order valence-corrected chi connectivity index (χ1v) is 11.9. The van der Waals surface area contributed by atoms with E-state index in [4.69, 9.17) is 9.47 Å². The second kappa shape index (κ2) is 8.60. The van der Waals surface area contributed by atoms with Crippen LogP contribution in [0.1, 0.15) is 59.8 Å². The first kappa shape index (κ1) is 24.0. The summed E-state index contributed by atoms with van der Waals surface area (Å²) in [5.41, 5.74) is 2.81. The second-order valence-corrected chi connectivity index (χ2v) is 11.1. The summed E-state index contributed by atoms with van der Waals surface area (Å²) in [6.07, 6.45) is 0.224. The van der Waals surface area contributed by atoms with E-state index >= 15 is 0 Å². The lowest BCUT2D eigenvalue weighted by atomic mass is 9.54. The quantitative estimate of drug-likeness (QED) is 0.382. The molecule has 1 saturated carbocycles. The summed E-state index contributed by atoms with van der Waals surface area (Å²) in [7, 11) is 0. The molecule has 0 aromatic rings. The van der Waals surface area contributed by atoms with Gasteiger partial charge in [-0.25, -0.2) is 0 Å². The van der Waals surface area contributed by atoms with Crippen LogP contribution in [0.5, 0.6) is 0 Å². The monoisotopic (exact) mass is 450 g/mol. The summed E-state index contributed by atoms with van der Waals surface area (Å²) in [5.74, 6) is 0.429. The Morgan fingerprint density at radius 1 is 1.12 bits per heavy atom. The Hall–Kier alpha value is -1.09. The largest absolute Gasteiger partial charge is 0.388 e. The van der Waals surface area contributed by atoms with Gasteiger partial charge in [0.1, 0.15) is 24.6 Å². The molecule has 1 heterocycles. The molecule has 7 heteroatoms. The van der Waals surface area contributed by atoms with Crippen LogP contribution in [0.3, 0.4) is 0 Å². The van der Waals surface area contributed by atoms with E-state index in [2.05, 4.69) is 27.7 Å². The number of hydrogen-bond acceptors (Lipinski definition) is 7. The Bertz CT molecular complexity index is 804. The van der Waals surface area contributed by atoms with Gasteiger partial charge in [0.2, 0.25) is 0 Å². The first-order chi connectivity index (χ1) is 15.0. The van der Waals surface area contributed by atoms with Crippen molar-refractivity contribution in [2.24, 2.45) is 22.7 Å². The predicted molar refractivity (Wildman–Crippen MR) is 117 cm³/mol. The van der Waals surface area contributed by atoms with E-state index in [-0.39, 0.29) is 23.5 Å². The van der Waals surface area contributed by atoms with Gasteiger partial charge in [0.25, 0.3) is 0 Å². The number of aldehydes is 1. The molecule has 1 saturated heterocycles. The maximum absolute atomic E-state index is 11.8. The molecule has 4 aliphatic rings. The van der Waals surface area contributed by atoms with Crippen LogP contribution in [0, 0.1) is 22.7 Å². The molecule has 0 aromatic carbocycles. The maximum atomic E-state index is 11.8. The molecule has 180 valence electrons. The van der Waals surface area contributed by atoms with E-state index in [1.165, 1.54) is 11.1 Å². The Morgan fingerprint density at radius 2 is 1.84 bits per heavy atom. The van der Waals surface area contributed by atoms with Gasteiger partial charge in [-0.15, -0.1) is 0 Å². The van der Waals surface area contributed by atoms with Crippen molar-refractivity contribution in [3.05, 3.63) is 22.8 Å². The number of carbonyl (C=O) groups excluding carboxylic acids is 1. The standard InChI is InChI=1S/C25H38O7/c1-13(2)15-5-6-24(3)7-8-25(4)16(20(15)24)10-17(27)14(11-26)9-19(25)32-23-22(30)21(29)18(28)12-31-23/h9,11,13,16-19,21-23,27-30H,5-8,10,12H2,1-4H3/t16-,17-,18-,19+,21+,22-,23+,24-,25-/m1/s1. The topological polar surface area (TPSA) is 116 Å². The molecule has 32 heavy (non-hydrogen) atoms. The molecule has 1 aliphatic heterocycles. The number of ether oxygens (including phenoxy) is 2. The van der Waals surface area contributed by atoms with Crippen LogP contribution in [-0.2, 0) is 14.3 Å². The molecule has 2 fully saturated rings. The molecular formula is C25H38O7. The lowest BCUT2D eigenvalue weighted by Crippen LogP contribution is -2.56. The number of aliphatic hydroxyl groups is 4. The lowest BCUT2D eigenvalue weighted by Gasteiger charge is -2.53. The normalized spacial score (nSPS) is 47.0. The Morgan fingerprint density at radius 3 is 2.50 bits per heavy atom. The van der Waals surface area contributed by atoms with Gasteiger partial charge in [-0.1, -0.05) is 38.8 Å². The number of allylic oxidation sites excluding steroid dienone is 2. The van der Waals surface area contributed by atoms with Crippen molar-refractivity contribution >= 4 is 6.29 Å². The number of rotatable bonds is 4. The summed E-state index contributed by atoms with van der Waals surface area (Å²) < 4.78 is 11.8. The third-order valence-corrected chi connectivity index (χ3v) is 8.71. The molecule has 4 rings (SSSR count). The van der Waals surface area contributed by atoms with Crippen LogP contribution in [0.4, 0.5) is 0 Å². The van der Waals surface area contributed by atoms with Crippen LogP contribution in [-0.4, -0.2) is 70.1 Å². The fourth-order valence-corrected chi connectivity index (χ4v) is 6.54. The molecule has 0 aromatic heterocycles. The minimum atomic E-state index is -1.41. The van der Waals surface area contributed by atoms with Crippen molar-refractivity contribution in [1.29, 1.82) is 0 Å². The van der Waals surface area contributed by atoms with Crippen LogP contribution in [0.25, 0.3) is 0 Å². The van der Waals surface area contributed by atoms with Crippen molar-refractivity contribution in [2.75, 3.05) is 6.61 Å². The molecule has 9 atom stereocenters. The van der Waals surface area contributed by atoms with E-state index in [0.29, 0.717) is 18.6 Å². The van der Waals surface area contributed by atoms with Crippen LogP contribution < -0.4 is 0 Å².